The third-order valence-electron chi connectivity index (χ3n) is 3.46. The molecular formula is C20H51N3. The van der Waals surface area contributed by atoms with Crippen molar-refractivity contribution in [2.24, 2.45) is 5.92 Å². The lowest BCUT2D eigenvalue weighted by Gasteiger charge is -2.23. The number of hydrogen-bond donors (Lipinski definition) is 0. The van der Waals surface area contributed by atoms with Crippen LogP contribution in [-0.2, 0) is 0 Å². The van der Waals surface area contributed by atoms with Gasteiger partial charge in [-0.25, -0.2) is 0 Å². The van der Waals surface area contributed by atoms with Gasteiger partial charge in [-0.1, -0.05) is 62.3 Å². The summed E-state index contributed by atoms with van der Waals surface area (Å²) in [4.78, 5) is 7.30. The Bertz CT molecular complexity index is 174. The molecule has 1 fully saturated rings. The molecule has 1 unspecified atom stereocenters. The largest absolute Gasteiger partial charge is 0.306 e. The van der Waals surface area contributed by atoms with Crippen LogP contribution >= 0.6 is 0 Å². The van der Waals surface area contributed by atoms with Gasteiger partial charge in [0.25, 0.3) is 0 Å². The Morgan fingerprint density at radius 3 is 1.61 bits per heavy atom. The van der Waals surface area contributed by atoms with E-state index in [9.17, 15) is 0 Å². The summed E-state index contributed by atoms with van der Waals surface area (Å²) in [5.74, 6) is 0.895. The number of hydrogen-bond acceptors (Lipinski definition) is 3. The molecule has 0 spiro atoms. The summed E-state index contributed by atoms with van der Waals surface area (Å²) in [6.07, 6.45) is 1.38. The Morgan fingerprint density at radius 1 is 0.826 bits per heavy atom. The molecule has 1 saturated heterocycles. The third-order valence-corrected chi connectivity index (χ3v) is 3.46. The Balaban J connectivity index is -0.000000196. The van der Waals surface area contributed by atoms with Gasteiger partial charge in [0.15, 0.2) is 0 Å². The smallest absolute Gasteiger partial charge is 0.0106 e. The molecule has 0 aromatic heterocycles. The van der Waals surface area contributed by atoms with Gasteiger partial charge in [-0.05, 0) is 46.6 Å². The minimum Gasteiger partial charge on any atom is -0.306 e. The number of rotatable bonds is 6. The zero-order valence-electron chi connectivity index (χ0n) is 18.9. The number of likely N-dealkylation sites (tertiary alicyclic amines) is 1. The molecule has 1 heterocycles. The normalized spacial score (nSPS) is 16.2. The Morgan fingerprint density at radius 2 is 1.26 bits per heavy atom. The number of nitrogens with zero attached hydrogens (tertiary/aromatic N) is 3. The molecule has 0 aliphatic carbocycles. The van der Waals surface area contributed by atoms with Gasteiger partial charge in [-0.15, -0.1) is 0 Å². The van der Waals surface area contributed by atoms with E-state index in [4.69, 9.17) is 0 Å². The lowest BCUT2D eigenvalue weighted by atomic mass is 10.1. The van der Waals surface area contributed by atoms with E-state index in [0.717, 1.165) is 12.5 Å². The fourth-order valence-corrected chi connectivity index (χ4v) is 2.21. The van der Waals surface area contributed by atoms with E-state index in [-0.39, 0.29) is 0 Å². The monoisotopic (exact) mass is 333 g/mol. The second-order valence-electron chi connectivity index (χ2n) is 5.08. The van der Waals surface area contributed by atoms with Gasteiger partial charge in [-0.2, -0.15) is 0 Å². The van der Waals surface area contributed by atoms with Gasteiger partial charge in [0.2, 0.25) is 0 Å². The second kappa shape index (κ2) is 26.8. The summed E-state index contributed by atoms with van der Waals surface area (Å²) < 4.78 is 0. The van der Waals surface area contributed by atoms with Gasteiger partial charge >= 0.3 is 0 Å². The van der Waals surface area contributed by atoms with Crippen molar-refractivity contribution >= 4 is 0 Å². The standard InChI is InChI=1S/C12H27N3.4C2H6/c1-5-13(2)8-9-15(4)11-12-6-7-14(3)10-12;4*1-2/h12H,5-11H2,1-4H3;4*1-2H3. The quantitative estimate of drug-likeness (QED) is 0.682. The van der Waals surface area contributed by atoms with E-state index < -0.39 is 0 Å². The van der Waals surface area contributed by atoms with Crippen LogP contribution in [0.25, 0.3) is 0 Å². The van der Waals surface area contributed by atoms with Crippen molar-refractivity contribution in [3.63, 3.8) is 0 Å². The van der Waals surface area contributed by atoms with Crippen LogP contribution < -0.4 is 0 Å². The average molecular weight is 334 g/mol. The van der Waals surface area contributed by atoms with E-state index in [1.807, 2.05) is 55.4 Å². The highest BCUT2D eigenvalue weighted by Crippen LogP contribution is 2.14. The zero-order valence-corrected chi connectivity index (χ0v) is 18.9. The topological polar surface area (TPSA) is 9.72 Å². The van der Waals surface area contributed by atoms with E-state index in [1.54, 1.807) is 0 Å². The maximum absolute atomic E-state index is 2.48. The molecule has 0 radical (unpaired) electrons. The molecule has 0 aromatic carbocycles. The van der Waals surface area contributed by atoms with Crippen LogP contribution in [0.2, 0.25) is 0 Å². The summed E-state index contributed by atoms with van der Waals surface area (Å²) in [6, 6.07) is 0. The first-order valence-electron chi connectivity index (χ1n) is 10.2. The summed E-state index contributed by atoms with van der Waals surface area (Å²) in [5.41, 5.74) is 0. The first-order valence-corrected chi connectivity index (χ1v) is 10.2. The van der Waals surface area contributed by atoms with Crippen molar-refractivity contribution in [1.29, 1.82) is 0 Å². The highest BCUT2D eigenvalue weighted by molar-refractivity contribution is 4.75. The summed E-state index contributed by atoms with van der Waals surface area (Å²) in [6.45, 7) is 25.6. The van der Waals surface area contributed by atoms with Crippen molar-refractivity contribution < 1.29 is 0 Å². The molecule has 1 aliphatic rings. The average Bonchev–Trinajstić information content (AvgIpc) is 3.04. The molecule has 3 heteroatoms. The maximum Gasteiger partial charge on any atom is 0.0106 e. The van der Waals surface area contributed by atoms with Crippen molar-refractivity contribution in [3.05, 3.63) is 0 Å². The first-order chi connectivity index (χ1) is 11.1. The van der Waals surface area contributed by atoms with E-state index in [0.29, 0.717) is 0 Å². The Kier molecular flexibility index (Phi) is 35.8. The van der Waals surface area contributed by atoms with E-state index in [2.05, 4.69) is 42.8 Å². The van der Waals surface area contributed by atoms with Crippen molar-refractivity contribution in [2.75, 3.05) is 60.4 Å². The van der Waals surface area contributed by atoms with Crippen LogP contribution in [0, 0.1) is 5.92 Å². The van der Waals surface area contributed by atoms with Gasteiger partial charge in [0.1, 0.15) is 0 Å². The van der Waals surface area contributed by atoms with Gasteiger partial charge < -0.3 is 14.7 Å². The minimum absolute atomic E-state index is 0.895. The maximum atomic E-state index is 2.48. The predicted octanol–water partition coefficient (Wildman–Crippen LogP) is 4.93. The molecule has 1 atom stereocenters. The lowest BCUT2D eigenvalue weighted by molar-refractivity contribution is 0.234. The van der Waals surface area contributed by atoms with Gasteiger partial charge in [-0.3, -0.25) is 0 Å². The molecule has 0 N–H and O–H groups in total. The molecule has 146 valence electrons. The summed E-state index contributed by atoms with van der Waals surface area (Å²) in [7, 11) is 6.67. The van der Waals surface area contributed by atoms with Crippen molar-refractivity contribution in [1.82, 2.24) is 14.7 Å². The Hall–Kier alpha value is -0.120. The first kappa shape index (κ1) is 30.7. The molecular weight excluding hydrogens is 282 g/mol. The van der Waals surface area contributed by atoms with E-state index >= 15 is 0 Å². The summed E-state index contributed by atoms with van der Waals surface area (Å²) in [5, 5.41) is 0. The van der Waals surface area contributed by atoms with Crippen LogP contribution in [0.5, 0.6) is 0 Å². The fraction of sp³-hybridized carbons (Fsp3) is 1.00. The molecule has 0 bridgehead atoms. The minimum atomic E-state index is 0.895. The van der Waals surface area contributed by atoms with Crippen molar-refractivity contribution in [3.8, 4) is 0 Å². The molecule has 23 heavy (non-hydrogen) atoms. The van der Waals surface area contributed by atoms with Gasteiger partial charge in [0.05, 0.1) is 0 Å². The molecule has 1 aliphatic heterocycles. The van der Waals surface area contributed by atoms with Crippen LogP contribution in [0.15, 0.2) is 0 Å². The van der Waals surface area contributed by atoms with Crippen LogP contribution in [-0.4, -0.2) is 75.1 Å². The fourth-order valence-electron chi connectivity index (χ4n) is 2.21. The number of likely N-dealkylation sites (N-methyl/N-ethyl adjacent to an activating group) is 2. The summed E-state index contributed by atoms with van der Waals surface area (Å²) >= 11 is 0. The molecule has 0 saturated carbocycles. The van der Waals surface area contributed by atoms with Crippen LogP contribution in [0.3, 0.4) is 0 Å². The highest BCUT2D eigenvalue weighted by atomic mass is 15.2. The predicted molar refractivity (Wildman–Crippen MR) is 112 cm³/mol. The second-order valence-corrected chi connectivity index (χ2v) is 5.08. The molecule has 1 rings (SSSR count). The van der Waals surface area contributed by atoms with Crippen LogP contribution in [0.4, 0.5) is 0 Å². The zero-order chi connectivity index (χ0) is 19.3. The molecule has 3 nitrogen and oxygen atoms in total. The van der Waals surface area contributed by atoms with Gasteiger partial charge in [0, 0.05) is 26.2 Å². The highest BCUT2D eigenvalue weighted by Gasteiger charge is 2.20. The van der Waals surface area contributed by atoms with Crippen LogP contribution in [0.1, 0.15) is 68.7 Å². The van der Waals surface area contributed by atoms with E-state index in [1.165, 1.54) is 39.1 Å². The SMILES string of the molecule is CC.CC.CC.CC.CCN(C)CCN(C)CC1CCN(C)C1. The molecule has 0 aromatic rings. The molecule has 0 amide bonds. The Labute approximate surface area is 150 Å². The lowest BCUT2D eigenvalue weighted by Crippen LogP contribution is -2.34. The van der Waals surface area contributed by atoms with Crippen molar-refractivity contribution in [2.45, 2.75) is 68.7 Å². The third kappa shape index (κ3) is 21.9.